The molecule has 1 aliphatic heterocycles. The van der Waals surface area contributed by atoms with Crippen molar-refractivity contribution in [3.8, 4) is 0 Å². The number of ether oxygens (including phenoxy) is 1. The molecular formula is C12H19N3O4S. The molecule has 0 spiro atoms. The number of methoxy groups -OCH3 is 1. The highest BCUT2D eigenvalue weighted by Crippen LogP contribution is 2.28. The van der Waals surface area contributed by atoms with Crippen LogP contribution in [-0.2, 0) is 26.0 Å². The number of rotatable bonds is 4. The molecule has 1 N–H and O–H groups in total. The van der Waals surface area contributed by atoms with E-state index in [2.05, 4.69) is 9.97 Å². The Hall–Kier alpha value is -1.41. The number of carbonyl (C=O) groups is 1. The molecule has 2 heterocycles. The van der Waals surface area contributed by atoms with Crippen LogP contribution in [0.15, 0.2) is 11.2 Å². The summed E-state index contributed by atoms with van der Waals surface area (Å²) in [6.07, 6.45) is 1.96. The summed E-state index contributed by atoms with van der Waals surface area (Å²) in [4.78, 5) is 18.4. The number of hydrogen-bond donors (Lipinski definition) is 1. The number of aromatic nitrogens is 2. The van der Waals surface area contributed by atoms with E-state index >= 15 is 0 Å². The second-order valence-electron chi connectivity index (χ2n) is 4.98. The first-order valence-corrected chi connectivity index (χ1v) is 7.96. The second kappa shape index (κ2) is 5.53. The van der Waals surface area contributed by atoms with Crippen LogP contribution in [-0.4, -0.2) is 48.9 Å². The third-order valence-electron chi connectivity index (χ3n) is 3.64. The fourth-order valence-corrected chi connectivity index (χ4v) is 3.87. The van der Waals surface area contributed by atoms with Crippen LogP contribution in [0.2, 0.25) is 0 Å². The molecule has 0 aromatic carbocycles. The maximum atomic E-state index is 12.5. The molecule has 0 amide bonds. The summed E-state index contributed by atoms with van der Waals surface area (Å²) in [5.74, 6) is -0.219. The average Bonchev–Trinajstić information content (AvgIpc) is 3.04. The van der Waals surface area contributed by atoms with Gasteiger partial charge < -0.3 is 9.72 Å². The van der Waals surface area contributed by atoms with Gasteiger partial charge in [0.05, 0.1) is 19.2 Å². The van der Waals surface area contributed by atoms with E-state index in [1.165, 1.54) is 17.6 Å². The Morgan fingerprint density at radius 3 is 2.80 bits per heavy atom. The number of aromatic amines is 1. The van der Waals surface area contributed by atoms with Crippen LogP contribution >= 0.6 is 0 Å². The van der Waals surface area contributed by atoms with Gasteiger partial charge in [0.15, 0.2) is 5.03 Å². The van der Waals surface area contributed by atoms with Gasteiger partial charge in [-0.15, -0.1) is 0 Å². The fraction of sp³-hybridized carbons (Fsp3) is 0.667. The molecule has 1 aromatic heterocycles. The molecule has 2 rings (SSSR count). The summed E-state index contributed by atoms with van der Waals surface area (Å²) in [5, 5.41) is 0.0760. The number of carbonyl (C=O) groups excluding carboxylic acids is 1. The zero-order valence-corrected chi connectivity index (χ0v) is 12.6. The van der Waals surface area contributed by atoms with Crippen molar-refractivity contribution in [2.24, 2.45) is 11.8 Å². The Bertz CT molecular complexity index is 596. The standard InChI is InChI=1S/C12H19N3O4S/c1-4-10-13-5-11(14-10)20(17,18)15-6-8(2)9(7-15)12(16)19-3/h5,8-9H,4,6-7H2,1-3H3,(H,13,14). The molecule has 7 nitrogen and oxygen atoms in total. The molecule has 0 bridgehead atoms. The van der Waals surface area contributed by atoms with Gasteiger partial charge in [0.2, 0.25) is 0 Å². The SMILES string of the molecule is CCc1ncc(S(=O)(=O)N2CC(C)C(C(=O)OC)C2)[nH]1. The lowest BCUT2D eigenvalue weighted by Crippen LogP contribution is -2.30. The van der Waals surface area contributed by atoms with Crippen LogP contribution in [0.25, 0.3) is 0 Å². The van der Waals surface area contributed by atoms with E-state index < -0.39 is 15.9 Å². The Kier molecular flexibility index (Phi) is 4.14. The van der Waals surface area contributed by atoms with E-state index in [4.69, 9.17) is 4.74 Å². The largest absolute Gasteiger partial charge is 0.469 e. The number of hydrogen-bond acceptors (Lipinski definition) is 5. The van der Waals surface area contributed by atoms with Gasteiger partial charge in [0.25, 0.3) is 10.0 Å². The second-order valence-corrected chi connectivity index (χ2v) is 6.88. The summed E-state index contributed by atoms with van der Waals surface area (Å²) in [5.41, 5.74) is 0. The zero-order valence-electron chi connectivity index (χ0n) is 11.8. The lowest BCUT2D eigenvalue weighted by atomic mass is 9.99. The summed E-state index contributed by atoms with van der Waals surface area (Å²) in [7, 11) is -2.31. The molecule has 112 valence electrons. The molecule has 1 saturated heterocycles. The molecular weight excluding hydrogens is 282 g/mol. The van der Waals surface area contributed by atoms with E-state index in [0.29, 0.717) is 18.8 Å². The molecule has 0 saturated carbocycles. The van der Waals surface area contributed by atoms with Crippen molar-refractivity contribution in [2.75, 3.05) is 20.2 Å². The van der Waals surface area contributed by atoms with E-state index in [1.54, 1.807) is 0 Å². The highest BCUT2D eigenvalue weighted by Gasteiger charge is 2.41. The minimum Gasteiger partial charge on any atom is -0.469 e. The Morgan fingerprint density at radius 1 is 1.55 bits per heavy atom. The lowest BCUT2D eigenvalue weighted by molar-refractivity contribution is -0.145. The van der Waals surface area contributed by atoms with Crippen LogP contribution in [0.5, 0.6) is 0 Å². The molecule has 0 aliphatic carbocycles. The van der Waals surface area contributed by atoms with Crippen molar-refractivity contribution in [1.82, 2.24) is 14.3 Å². The van der Waals surface area contributed by atoms with Crippen LogP contribution in [0.3, 0.4) is 0 Å². The van der Waals surface area contributed by atoms with Crippen LogP contribution in [0, 0.1) is 11.8 Å². The lowest BCUT2D eigenvalue weighted by Gasteiger charge is -2.14. The number of imidazole rings is 1. The van der Waals surface area contributed by atoms with E-state index in [-0.39, 0.29) is 23.5 Å². The Morgan fingerprint density at radius 2 is 2.25 bits per heavy atom. The van der Waals surface area contributed by atoms with Gasteiger partial charge in [-0.05, 0) is 5.92 Å². The molecule has 1 aliphatic rings. The van der Waals surface area contributed by atoms with Crippen molar-refractivity contribution < 1.29 is 17.9 Å². The first kappa shape index (κ1) is 15.0. The number of esters is 1. The maximum absolute atomic E-state index is 12.5. The van der Waals surface area contributed by atoms with Gasteiger partial charge in [-0.25, -0.2) is 13.4 Å². The van der Waals surface area contributed by atoms with Gasteiger partial charge in [0.1, 0.15) is 5.82 Å². The summed E-state index contributed by atoms with van der Waals surface area (Å²) in [6, 6.07) is 0. The van der Waals surface area contributed by atoms with Crippen LogP contribution < -0.4 is 0 Å². The third kappa shape index (κ3) is 2.57. The quantitative estimate of drug-likeness (QED) is 0.813. The van der Waals surface area contributed by atoms with E-state index in [1.807, 2.05) is 13.8 Å². The number of H-pyrrole nitrogens is 1. The van der Waals surface area contributed by atoms with Crippen LogP contribution in [0.4, 0.5) is 0 Å². The number of nitrogens with zero attached hydrogens (tertiary/aromatic N) is 2. The average molecular weight is 301 g/mol. The molecule has 20 heavy (non-hydrogen) atoms. The van der Waals surface area contributed by atoms with Crippen molar-refractivity contribution in [3.05, 3.63) is 12.0 Å². The monoisotopic (exact) mass is 301 g/mol. The van der Waals surface area contributed by atoms with Gasteiger partial charge in [-0.1, -0.05) is 13.8 Å². The molecule has 2 unspecified atom stereocenters. The molecule has 0 radical (unpaired) electrons. The van der Waals surface area contributed by atoms with E-state index in [9.17, 15) is 13.2 Å². The van der Waals surface area contributed by atoms with Crippen molar-refractivity contribution >= 4 is 16.0 Å². The normalized spacial score (nSPS) is 23.9. The third-order valence-corrected chi connectivity index (χ3v) is 5.38. The van der Waals surface area contributed by atoms with Gasteiger partial charge >= 0.3 is 5.97 Å². The van der Waals surface area contributed by atoms with Gasteiger partial charge in [-0.2, -0.15) is 4.31 Å². The molecule has 1 fully saturated rings. The predicted octanol–water partition coefficient (Wildman–Crippen LogP) is 0.402. The fourth-order valence-electron chi connectivity index (χ4n) is 2.37. The number of aryl methyl sites for hydroxylation is 1. The highest BCUT2D eigenvalue weighted by atomic mass is 32.2. The first-order chi connectivity index (χ1) is 9.40. The summed E-state index contributed by atoms with van der Waals surface area (Å²) in [6.45, 7) is 4.20. The zero-order chi connectivity index (χ0) is 14.9. The summed E-state index contributed by atoms with van der Waals surface area (Å²) < 4.78 is 31.0. The van der Waals surface area contributed by atoms with Crippen molar-refractivity contribution in [1.29, 1.82) is 0 Å². The molecule has 8 heteroatoms. The van der Waals surface area contributed by atoms with Crippen molar-refractivity contribution in [2.45, 2.75) is 25.3 Å². The van der Waals surface area contributed by atoms with Gasteiger partial charge in [0, 0.05) is 19.5 Å². The van der Waals surface area contributed by atoms with Crippen LogP contribution in [0.1, 0.15) is 19.7 Å². The topological polar surface area (TPSA) is 92.4 Å². The molecule has 1 aromatic rings. The Labute approximate surface area is 118 Å². The molecule has 2 atom stereocenters. The van der Waals surface area contributed by atoms with Gasteiger partial charge in [-0.3, -0.25) is 4.79 Å². The first-order valence-electron chi connectivity index (χ1n) is 6.52. The van der Waals surface area contributed by atoms with E-state index in [0.717, 1.165) is 0 Å². The number of nitrogens with one attached hydrogen (secondary N) is 1. The minimum absolute atomic E-state index is 0.0641. The minimum atomic E-state index is -3.63. The predicted molar refractivity (Wildman–Crippen MR) is 71.4 cm³/mol. The smallest absolute Gasteiger partial charge is 0.310 e. The Balaban J connectivity index is 2.21. The number of sulfonamides is 1. The van der Waals surface area contributed by atoms with Crippen molar-refractivity contribution in [3.63, 3.8) is 0 Å². The maximum Gasteiger partial charge on any atom is 0.310 e. The summed E-state index contributed by atoms with van der Waals surface area (Å²) >= 11 is 0. The highest BCUT2D eigenvalue weighted by molar-refractivity contribution is 7.89.